The Morgan fingerprint density at radius 3 is 2.48 bits per heavy atom. The molecular formula is C22H28N2O3S2. The van der Waals surface area contributed by atoms with Gasteiger partial charge in [-0.2, -0.15) is 0 Å². The Kier molecular flexibility index (Phi) is 7.03. The van der Waals surface area contributed by atoms with Crippen LogP contribution in [0.5, 0.6) is 0 Å². The van der Waals surface area contributed by atoms with Gasteiger partial charge in [0.2, 0.25) is 15.9 Å². The molecule has 0 aromatic heterocycles. The van der Waals surface area contributed by atoms with Crippen molar-refractivity contribution in [3.63, 3.8) is 0 Å². The molecule has 0 saturated heterocycles. The van der Waals surface area contributed by atoms with Gasteiger partial charge in [-0.25, -0.2) is 13.1 Å². The average Bonchev–Trinajstić information content (AvgIpc) is 2.71. The summed E-state index contributed by atoms with van der Waals surface area (Å²) in [5.41, 5.74) is 4.23. The molecule has 1 amide bonds. The third kappa shape index (κ3) is 5.21. The molecule has 0 spiro atoms. The first-order valence-electron chi connectivity index (χ1n) is 9.93. The maximum absolute atomic E-state index is 13.1. The van der Waals surface area contributed by atoms with Crippen LogP contribution in [0, 0.1) is 0 Å². The Hall–Kier alpha value is -1.83. The lowest BCUT2D eigenvalue weighted by Gasteiger charge is -2.22. The zero-order valence-corrected chi connectivity index (χ0v) is 18.8. The third-order valence-corrected chi connectivity index (χ3v) is 7.54. The van der Waals surface area contributed by atoms with Crippen molar-refractivity contribution in [2.24, 2.45) is 0 Å². The van der Waals surface area contributed by atoms with Crippen molar-refractivity contribution in [1.82, 2.24) is 4.72 Å². The normalized spacial score (nSPS) is 14.9. The van der Waals surface area contributed by atoms with Gasteiger partial charge in [-0.3, -0.25) is 4.79 Å². The second-order valence-electron chi connectivity index (χ2n) is 7.36. The Morgan fingerprint density at radius 2 is 1.83 bits per heavy atom. The number of anilines is 1. The van der Waals surface area contributed by atoms with Gasteiger partial charge in [-0.05, 0) is 73.2 Å². The molecule has 7 heteroatoms. The first kappa shape index (κ1) is 21.9. The van der Waals surface area contributed by atoms with Crippen LogP contribution in [0.3, 0.4) is 0 Å². The maximum Gasteiger partial charge on any atom is 0.241 e. The van der Waals surface area contributed by atoms with E-state index in [1.807, 2.05) is 19.2 Å². The minimum atomic E-state index is -3.73. The summed E-state index contributed by atoms with van der Waals surface area (Å²) in [6.45, 7) is 3.39. The lowest BCUT2D eigenvalue weighted by molar-refractivity contribution is -0.114. The van der Waals surface area contributed by atoms with Gasteiger partial charge < -0.3 is 5.32 Å². The lowest BCUT2D eigenvalue weighted by Crippen LogP contribution is -2.28. The first-order chi connectivity index (χ1) is 13.8. The standard InChI is InChI=1S/C22H28N2O3S2/c1-4-20(18-10-9-16-7-5-6-8-17(16)13-18)24-29(26,27)19-11-12-22(28-3)21(14-19)23-15(2)25/h9-14,20,24H,4-8H2,1-3H3,(H,23,25)/t20-/m0/s1. The van der Waals surface area contributed by atoms with Crippen molar-refractivity contribution in [3.8, 4) is 0 Å². The van der Waals surface area contributed by atoms with Crippen LogP contribution >= 0.6 is 11.8 Å². The van der Waals surface area contributed by atoms with E-state index in [0.29, 0.717) is 12.1 Å². The molecule has 2 aromatic rings. The Bertz CT molecular complexity index is 1000. The summed E-state index contributed by atoms with van der Waals surface area (Å²) in [5, 5.41) is 2.72. The predicted octanol–water partition coefficient (Wildman–Crippen LogP) is 4.68. The van der Waals surface area contributed by atoms with Crippen molar-refractivity contribution >= 4 is 33.4 Å². The van der Waals surface area contributed by atoms with Crippen LogP contribution < -0.4 is 10.0 Å². The van der Waals surface area contributed by atoms with Crippen LogP contribution in [0.4, 0.5) is 5.69 Å². The zero-order valence-electron chi connectivity index (χ0n) is 17.1. The summed E-state index contributed by atoms with van der Waals surface area (Å²) in [6, 6.07) is 10.9. The van der Waals surface area contributed by atoms with Gasteiger partial charge in [0.25, 0.3) is 0 Å². The molecule has 0 bridgehead atoms. The smallest absolute Gasteiger partial charge is 0.241 e. The number of fused-ring (bicyclic) bond motifs is 1. The summed E-state index contributed by atoms with van der Waals surface area (Å²) >= 11 is 1.46. The summed E-state index contributed by atoms with van der Waals surface area (Å²) in [7, 11) is -3.73. The average molecular weight is 433 g/mol. The number of benzene rings is 2. The highest BCUT2D eigenvalue weighted by molar-refractivity contribution is 7.98. The second-order valence-corrected chi connectivity index (χ2v) is 9.92. The topological polar surface area (TPSA) is 75.3 Å². The van der Waals surface area contributed by atoms with Gasteiger partial charge in [0.05, 0.1) is 10.6 Å². The number of hydrogen-bond acceptors (Lipinski definition) is 4. The molecule has 3 rings (SSSR count). The van der Waals surface area contributed by atoms with Crippen molar-refractivity contribution < 1.29 is 13.2 Å². The zero-order chi connectivity index (χ0) is 21.0. The highest BCUT2D eigenvalue weighted by atomic mass is 32.2. The summed E-state index contributed by atoms with van der Waals surface area (Å²) in [5.74, 6) is -0.233. The summed E-state index contributed by atoms with van der Waals surface area (Å²) < 4.78 is 29.0. The van der Waals surface area contributed by atoms with E-state index in [-0.39, 0.29) is 16.8 Å². The van der Waals surface area contributed by atoms with E-state index in [0.717, 1.165) is 23.3 Å². The molecule has 0 unspecified atom stereocenters. The number of thioether (sulfide) groups is 1. The fraction of sp³-hybridized carbons (Fsp3) is 0.409. The van der Waals surface area contributed by atoms with E-state index in [9.17, 15) is 13.2 Å². The van der Waals surface area contributed by atoms with Crippen molar-refractivity contribution in [2.45, 2.75) is 61.8 Å². The van der Waals surface area contributed by atoms with Crippen LogP contribution in [0.15, 0.2) is 46.2 Å². The molecule has 5 nitrogen and oxygen atoms in total. The number of hydrogen-bond donors (Lipinski definition) is 2. The van der Waals surface area contributed by atoms with Crippen LogP contribution in [-0.2, 0) is 27.7 Å². The SMILES string of the molecule is CC[C@H](NS(=O)(=O)c1ccc(SC)c(NC(C)=O)c1)c1ccc2c(c1)CCCC2. The van der Waals surface area contributed by atoms with E-state index in [4.69, 9.17) is 0 Å². The molecule has 0 heterocycles. The van der Waals surface area contributed by atoms with Crippen LogP contribution in [0.1, 0.15) is 55.8 Å². The molecule has 1 atom stereocenters. The number of carbonyl (C=O) groups is 1. The van der Waals surface area contributed by atoms with Crippen LogP contribution in [0.25, 0.3) is 0 Å². The van der Waals surface area contributed by atoms with E-state index in [1.165, 1.54) is 48.7 Å². The lowest BCUT2D eigenvalue weighted by atomic mass is 9.89. The molecule has 1 aliphatic rings. The van der Waals surface area contributed by atoms with Crippen molar-refractivity contribution in [2.75, 3.05) is 11.6 Å². The molecular weight excluding hydrogens is 404 g/mol. The molecule has 29 heavy (non-hydrogen) atoms. The molecule has 2 aromatic carbocycles. The number of carbonyl (C=O) groups excluding carboxylic acids is 1. The van der Waals surface area contributed by atoms with Gasteiger partial charge in [-0.15, -0.1) is 11.8 Å². The van der Waals surface area contributed by atoms with Gasteiger partial charge in [0, 0.05) is 17.9 Å². The van der Waals surface area contributed by atoms with Crippen LogP contribution in [0.2, 0.25) is 0 Å². The number of aryl methyl sites for hydroxylation is 2. The van der Waals surface area contributed by atoms with E-state index in [1.54, 1.807) is 12.1 Å². The third-order valence-electron chi connectivity index (χ3n) is 5.27. The van der Waals surface area contributed by atoms with Crippen molar-refractivity contribution in [3.05, 3.63) is 53.1 Å². The number of nitrogens with one attached hydrogen (secondary N) is 2. The summed E-state index contributed by atoms with van der Waals surface area (Å²) in [4.78, 5) is 12.5. The van der Waals surface area contributed by atoms with Gasteiger partial charge >= 0.3 is 0 Å². The molecule has 0 saturated carbocycles. The van der Waals surface area contributed by atoms with E-state index < -0.39 is 10.0 Å². The Labute approximate surface area is 177 Å². The number of amides is 1. The van der Waals surface area contributed by atoms with Crippen molar-refractivity contribution in [1.29, 1.82) is 0 Å². The summed E-state index contributed by atoms with van der Waals surface area (Å²) in [6.07, 6.45) is 7.11. The number of sulfonamides is 1. The first-order valence-corrected chi connectivity index (χ1v) is 12.6. The quantitative estimate of drug-likeness (QED) is 0.623. The minimum Gasteiger partial charge on any atom is -0.325 e. The molecule has 2 N–H and O–H groups in total. The van der Waals surface area contributed by atoms with E-state index in [2.05, 4.69) is 22.2 Å². The fourth-order valence-electron chi connectivity index (χ4n) is 3.75. The molecule has 0 aliphatic heterocycles. The van der Waals surface area contributed by atoms with E-state index >= 15 is 0 Å². The van der Waals surface area contributed by atoms with Gasteiger partial charge in [0.1, 0.15) is 0 Å². The highest BCUT2D eigenvalue weighted by Gasteiger charge is 2.22. The number of rotatable bonds is 7. The Balaban J connectivity index is 1.88. The Morgan fingerprint density at radius 1 is 1.10 bits per heavy atom. The fourth-order valence-corrected chi connectivity index (χ4v) is 5.62. The highest BCUT2D eigenvalue weighted by Crippen LogP contribution is 2.30. The monoisotopic (exact) mass is 432 g/mol. The van der Waals surface area contributed by atoms with Crippen LogP contribution in [-0.4, -0.2) is 20.6 Å². The van der Waals surface area contributed by atoms with Gasteiger partial charge in [0.15, 0.2) is 0 Å². The predicted molar refractivity (Wildman–Crippen MR) is 119 cm³/mol. The minimum absolute atomic E-state index is 0.149. The molecule has 1 aliphatic carbocycles. The molecule has 0 fully saturated rings. The maximum atomic E-state index is 13.1. The molecule has 0 radical (unpaired) electrons. The largest absolute Gasteiger partial charge is 0.325 e. The van der Waals surface area contributed by atoms with Gasteiger partial charge in [-0.1, -0.05) is 25.1 Å². The molecule has 156 valence electrons. The second kappa shape index (κ2) is 9.32.